The summed E-state index contributed by atoms with van der Waals surface area (Å²) in [5, 5.41) is 7.59. The van der Waals surface area contributed by atoms with Gasteiger partial charge in [-0.15, -0.1) is 0 Å². The molecule has 0 N–H and O–H groups in total. The van der Waals surface area contributed by atoms with Crippen LogP contribution in [0, 0.1) is 5.92 Å². The minimum absolute atomic E-state index is 0.251. The van der Waals surface area contributed by atoms with Crippen molar-refractivity contribution < 1.29 is 17.8 Å². The third-order valence-corrected chi connectivity index (χ3v) is 4.59. The maximum Gasteiger partial charge on any atom is 0.416 e. The van der Waals surface area contributed by atoms with Crippen LogP contribution in [0.1, 0.15) is 16.7 Å². The summed E-state index contributed by atoms with van der Waals surface area (Å²) >= 11 is 0. The Balaban J connectivity index is 1.36. The number of alkyl halides is 3. The summed E-state index contributed by atoms with van der Waals surface area (Å²) in [5.41, 5.74) is 2.40. The Kier molecular flexibility index (Phi) is 3.95. The van der Waals surface area contributed by atoms with Crippen LogP contribution < -0.4 is 0 Å². The fourth-order valence-electron chi connectivity index (χ4n) is 3.41. The van der Waals surface area contributed by atoms with Crippen molar-refractivity contribution in [3.63, 3.8) is 0 Å². The minimum atomic E-state index is -4.29. The molecule has 25 heavy (non-hydrogen) atoms. The van der Waals surface area contributed by atoms with Crippen LogP contribution in [0.4, 0.5) is 13.2 Å². The number of fused-ring (bicyclic) bond motifs is 1. The maximum atomic E-state index is 13.1. The fraction of sp³-hybridized carbons (Fsp3) is 0.333. The maximum absolute atomic E-state index is 13.1. The van der Waals surface area contributed by atoms with Gasteiger partial charge in [-0.3, -0.25) is 4.90 Å². The number of benzene rings is 2. The zero-order valence-electron chi connectivity index (χ0n) is 13.3. The Morgan fingerprint density at radius 2 is 1.80 bits per heavy atom. The predicted octanol–water partition coefficient (Wildman–Crippen LogP) is 3.92. The van der Waals surface area contributed by atoms with E-state index in [1.807, 2.05) is 18.2 Å². The van der Waals surface area contributed by atoms with Gasteiger partial charge in [0.05, 0.1) is 5.56 Å². The quantitative estimate of drug-likeness (QED) is 0.717. The van der Waals surface area contributed by atoms with Gasteiger partial charge in [-0.1, -0.05) is 24.3 Å². The Hall–Kier alpha value is -2.41. The molecule has 0 radical (unpaired) electrons. The molecule has 0 saturated carbocycles. The highest BCUT2D eigenvalue weighted by molar-refractivity contribution is 5.73. The summed E-state index contributed by atoms with van der Waals surface area (Å²) in [4.78, 5) is 2.22. The van der Waals surface area contributed by atoms with Gasteiger partial charge in [0.2, 0.25) is 0 Å². The molecule has 130 valence electrons. The van der Waals surface area contributed by atoms with Crippen molar-refractivity contribution in [2.75, 3.05) is 13.1 Å². The monoisotopic (exact) mass is 347 g/mol. The number of aromatic nitrogens is 2. The van der Waals surface area contributed by atoms with Gasteiger partial charge in [-0.2, -0.15) is 13.2 Å². The van der Waals surface area contributed by atoms with Crippen molar-refractivity contribution in [3.8, 4) is 0 Å². The van der Waals surface area contributed by atoms with Crippen LogP contribution in [0.25, 0.3) is 11.0 Å². The van der Waals surface area contributed by atoms with Crippen LogP contribution in [0.5, 0.6) is 0 Å². The molecule has 0 amide bonds. The highest BCUT2D eigenvalue weighted by Gasteiger charge is 2.35. The van der Waals surface area contributed by atoms with Crippen molar-refractivity contribution >= 4 is 11.0 Å². The van der Waals surface area contributed by atoms with Gasteiger partial charge in [0.1, 0.15) is 11.0 Å². The van der Waals surface area contributed by atoms with Crippen LogP contribution in [-0.2, 0) is 19.1 Å². The molecule has 0 spiro atoms. The predicted molar refractivity (Wildman–Crippen MR) is 85.7 cm³/mol. The van der Waals surface area contributed by atoms with Crippen molar-refractivity contribution in [1.82, 2.24) is 15.2 Å². The standard InChI is InChI=1S/C18H16F3N3O/c19-18(20,21)15-4-2-1-3-14(15)7-13-10-24(11-13)9-12-5-6-16-17(8-12)23-25-22-16/h1-6,8,13H,7,9-11H2. The van der Waals surface area contributed by atoms with E-state index in [2.05, 4.69) is 19.8 Å². The molecule has 0 bridgehead atoms. The van der Waals surface area contributed by atoms with E-state index in [0.29, 0.717) is 23.0 Å². The first kappa shape index (κ1) is 16.1. The van der Waals surface area contributed by atoms with Gasteiger partial charge >= 0.3 is 6.18 Å². The van der Waals surface area contributed by atoms with Gasteiger partial charge in [0.25, 0.3) is 0 Å². The molecule has 1 fully saturated rings. The van der Waals surface area contributed by atoms with E-state index >= 15 is 0 Å². The largest absolute Gasteiger partial charge is 0.416 e. The van der Waals surface area contributed by atoms with Gasteiger partial charge in [0, 0.05) is 19.6 Å². The van der Waals surface area contributed by atoms with Crippen LogP contribution in [0.3, 0.4) is 0 Å². The molecule has 4 nitrogen and oxygen atoms in total. The topological polar surface area (TPSA) is 42.2 Å². The highest BCUT2D eigenvalue weighted by atomic mass is 19.4. The summed E-state index contributed by atoms with van der Waals surface area (Å²) in [6.07, 6.45) is -3.83. The third kappa shape index (κ3) is 3.37. The van der Waals surface area contributed by atoms with E-state index in [0.717, 1.165) is 31.3 Å². The van der Waals surface area contributed by atoms with E-state index in [4.69, 9.17) is 0 Å². The number of rotatable bonds is 4. The second-order valence-corrected chi connectivity index (χ2v) is 6.51. The van der Waals surface area contributed by atoms with Gasteiger partial charge in [-0.25, -0.2) is 4.63 Å². The Labute approximate surface area is 142 Å². The molecule has 0 unspecified atom stereocenters. The van der Waals surface area contributed by atoms with E-state index < -0.39 is 11.7 Å². The zero-order chi connectivity index (χ0) is 17.4. The lowest BCUT2D eigenvalue weighted by Crippen LogP contribution is -2.46. The smallest absolute Gasteiger partial charge is 0.298 e. The lowest BCUT2D eigenvalue weighted by Gasteiger charge is -2.39. The minimum Gasteiger partial charge on any atom is -0.298 e. The lowest BCUT2D eigenvalue weighted by atomic mass is 9.89. The molecule has 2 heterocycles. The molecule has 1 aliphatic heterocycles. The summed E-state index contributed by atoms with van der Waals surface area (Å²) in [7, 11) is 0. The summed E-state index contributed by atoms with van der Waals surface area (Å²) in [6.45, 7) is 2.34. The van der Waals surface area contributed by atoms with Crippen LogP contribution in [0.15, 0.2) is 47.1 Å². The molecule has 4 rings (SSSR count). The number of nitrogens with zero attached hydrogens (tertiary/aromatic N) is 3. The number of halogens is 3. The van der Waals surface area contributed by atoms with E-state index in [1.54, 1.807) is 12.1 Å². The van der Waals surface area contributed by atoms with Crippen molar-refractivity contribution in [2.45, 2.75) is 19.1 Å². The van der Waals surface area contributed by atoms with Crippen molar-refractivity contribution in [1.29, 1.82) is 0 Å². The molecular formula is C18H16F3N3O. The summed E-state index contributed by atoms with van der Waals surface area (Å²) in [6, 6.07) is 11.6. The Bertz CT molecular complexity index is 884. The molecule has 3 aromatic rings. The molecule has 1 aliphatic rings. The third-order valence-electron chi connectivity index (χ3n) is 4.59. The number of hydrogen-bond donors (Lipinski definition) is 0. The molecule has 0 aliphatic carbocycles. The molecule has 1 saturated heterocycles. The van der Waals surface area contributed by atoms with E-state index in [9.17, 15) is 13.2 Å². The SMILES string of the molecule is FC(F)(F)c1ccccc1CC1CN(Cc2ccc3nonc3c2)C1. The average Bonchev–Trinajstić information content (AvgIpc) is 3.00. The van der Waals surface area contributed by atoms with Crippen molar-refractivity contribution in [3.05, 3.63) is 59.2 Å². The summed E-state index contributed by atoms with van der Waals surface area (Å²) in [5.74, 6) is 0.251. The average molecular weight is 347 g/mol. The fourth-order valence-corrected chi connectivity index (χ4v) is 3.41. The molecule has 7 heteroatoms. The Morgan fingerprint density at radius 3 is 2.60 bits per heavy atom. The first-order valence-corrected chi connectivity index (χ1v) is 8.08. The molecule has 0 atom stereocenters. The lowest BCUT2D eigenvalue weighted by molar-refractivity contribution is -0.138. The first-order chi connectivity index (χ1) is 12.0. The van der Waals surface area contributed by atoms with Crippen LogP contribution >= 0.6 is 0 Å². The number of hydrogen-bond acceptors (Lipinski definition) is 4. The second-order valence-electron chi connectivity index (χ2n) is 6.51. The second kappa shape index (κ2) is 6.15. The highest BCUT2D eigenvalue weighted by Crippen LogP contribution is 2.34. The van der Waals surface area contributed by atoms with E-state index in [1.165, 1.54) is 6.07 Å². The molecule has 2 aromatic carbocycles. The number of likely N-dealkylation sites (tertiary alicyclic amines) is 1. The summed E-state index contributed by atoms with van der Waals surface area (Å²) < 4.78 is 43.9. The van der Waals surface area contributed by atoms with Crippen molar-refractivity contribution in [2.24, 2.45) is 5.92 Å². The Morgan fingerprint density at radius 1 is 1.04 bits per heavy atom. The normalized spacial score (nSPS) is 16.3. The van der Waals surface area contributed by atoms with Crippen LogP contribution in [-0.4, -0.2) is 28.3 Å². The zero-order valence-corrected chi connectivity index (χ0v) is 13.3. The van der Waals surface area contributed by atoms with Gasteiger partial charge in [-0.05, 0) is 52.0 Å². The van der Waals surface area contributed by atoms with E-state index in [-0.39, 0.29) is 5.92 Å². The van der Waals surface area contributed by atoms with Gasteiger partial charge in [0.15, 0.2) is 0 Å². The molecule has 1 aromatic heterocycles. The first-order valence-electron chi connectivity index (χ1n) is 8.08. The van der Waals surface area contributed by atoms with Gasteiger partial charge < -0.3 is 0 Å². The molecular weight excluding hydrogens is 331 g/mol. The van der Waals surface area contributed by atoms with Crippen LogP contribution in [0.2, 0.25) is 0 Å².